The average Bonchev–Trinajstić information content (AvgIpc) is 2.76. The number of carbonyl (C=O) groups excluding carboxylic acids is 1. The van der Waals surface area contributed by atoms with Crippen LogP contribution in [0.3, 0.4) is 0 Å². The van der Waals surface area contributed by atoms with Crippen LogP contribution in [0.4, 0.5) is 8.78 Å². The number of benzene rings is 1. The third-order valence-electron chi connectivity index (χ3n) is 5.93. The lowest BCUT2D eigenvalue weighted by Gasteiger charge is -2.34. The van der Waals surface area contributed by atoms with Gasteiger partial charge in [0.1, 0.15) is 11.6 Å². The Morgan fingerprint density at radius 2 is 1.86 bits per heavy atom. The minimum Gasteiger partial charge on any atom is -0.267 e. The van der Waals surface area contributed by atoms with Crippen LogP contribution in [0.1, 0.15) is 50.4 Å². The number of hydrogen-bond donors (Lipinski definition) is 1. The number of amides is 1. The lowest BCUT2D eigenvalue weighted by molar-refractivity contribution is 0.0953. The predicted octanol–water partition coefficient (Wildman–Crippen LogP) is 3.90. The first-order valence-corrected chi connectivity index (χ1v) is 7.57. The van der Waals surface area contributed by atoms with Gasteiger partial charge in [-0.25, -0.2) is 14.2 Å². The van der Waals surface area contributed by atoms with Crippen molar-refractivity contribution in [1.82, 2.24) is 5.43 Å². The molecule has 0 spiro atoms. The molecule has 2 bridgehead atoms. The average molecular weight is 306 g/mol. The SMILES string of the molecule is CC1(C)[C@@H]2CC[C@]1(C)/C(=N/NC(=O)c1cc(F)cc(F)c1)C2. The smallest absolute Gasteiger partial charge is 0.267 e. The quantitative estimate of drug-likeness (QED) is 0.827. The number of nitrogens with zero attached hydrogens (tertiary/aromatic N) is 1. The molecule has 1 aromatic carbocycles. The van der Waals surface area contributed by atoms with Gasteiger partial charge in [0.05, 0.1) is 0 Å². The molecular formula is C17H20F2N2O. The second kappa shape index (κ2) is 4.86. The van der Waals surface area contributed by atoms with Gasteiger partial charge in [-0.05, 0) is 42.7 Å². The predicted molar refractivity (Wildman–Crippen MR) is 80.5 cm³/mol. The second-order valence-electron chi connectivity index (χ2n) is 7.15. The Balaban J connectivity index is 1.79. The zero-order chi connectivity index (χ0) is 16.1. The minimum absolute atomic E-state index is 0.0157. The highest BCUT2D eigenvalue weighted by Crippen LogP contribution is 2.63. The van der Waals surface area contributed by atoms with E-state index in [2.05, 4.69) is 31.3 Å². The van der Waals surface area contributed by atoms with Gasteiger partial charge in [-0.1, -0.05) is 20.8 Å². The molecule has 2 saturated carbocycles. The van der Waals surface area contributed by atoms with E-state index in [1.54, 1.807) is 0 Å². The van der Waals surface area contributed by atoms with Crippen molar-refractivity contribution in [3.63, 3.8) is 0 Å². The molecule has 0 aliphatic heterocycles. The fourth-order valence-corrected chi connectivity index (χ4v) is 3.97. The molecule has 0 radical (unpaired) electrons. The molecule has 0 aromatic heterocycles. The first-order chi connectivity index (χ1) is 10.2. The molecule has 0 saturated heterocycles. The Morgan fingerprint density at radius 3 is 2.36 bits per heavy atom. The molecule has 1 aromatic rings. The molecule has 3 nitrogen and oxygen atoms in total. The standard InChI is InChI=1S/C17H20F2N2O/c1-16(2)11-4-5-17(16,3)14(8-11)20-21-15(22)10-6-12(18)9-13(19)7-10/h6-7,9,11H,4-5,8H2,1-3H3,(H,21,22)/b20-14+/t11-,17-/m1/s1. The first-order valence-electron chi connectivity index (χ1n) is 7.57. The highest BCUT2D eigenvalue weighted by molar-refractivity contribution is 5.98. The molecule has 1 amide bonds. The molecule has 22 heavy (non-hydrogen) atoms. The molecule has 2 aliphatic carbocycles. The van der Waals surface area contributed by atoms with Gasteiger partial charge in [0.15, 0.2) is 0 Å². The molecule has 118 valence electrons. The van der Waals surface area contributed by atoms with Crippen LogP contribution in [0.25, 0.3) is 0 Å². The molecule has 5 heteroatoms. The normalized spacial score (nSPS) is 30.8. The van der Waals surface area contributed by atoms with Crippen molar-refractivity contribution in [3.8, 4) is 0 Å². The summed E-state index contributed by atoms with van der Waals surface area (Å²) >= 11 is 0. The topological polar surface area (TPSA) is 41.5 Å². The maximum atomic E-state index is 13.2. The van der Waals surface area contributed by atoms with Gasteiger partial charge < -0.3 is 0 Å². The third kappa shape index (κ3) is 2.14. The van der Waals surface area contributed by atoms with E-state index in [-0.39, 0.29) is 16.4 Å². The summed E-state index contributed by atoms with van der Waals surface area (Å²) in [5.41, 5.74) is 3.54. The van der Waals surface area contributed by atoms with E-state index in [9.17, 15) is 13.6 Å². The van der Waals surface area contributed by atoms with E-state index in [1.807, 2.05) is 0 Å². The molecule has 0 unspecified atom stereocenters. The fourth-order valence-electron chi connectivity index (χ4n) is 3.97. The maximum absolute atomic E-state index is 13.2. The third-order valence-corrected chi connectivity index (χ3v) is 5.93. The van der Waals surface area contributed by atoms with E-state index in [4.69, 9.17) is 0 Å². The lowest BCUT2D eigenvalue weighted by Crippen LogP contribution is -2.34. The van der Waals surface area contributed by atoms with E-state index < -0.39 is 17.5 Å². The summed E-state index contributed by atoms with van der Waals surface area (Å²) in [4.78, 5) is 12.0. The van der Waals surface area contributed by atoms with E-state index >= 15 is 0 Å². The summed E-state index contributed by atoms with van der Waals surface area (Å²) < 4.78 is 26.3. The lowest BCUT2D eigenvalue weighted by atomic mass is 9.70. The minimum atomic E-state index is -0.772. The van der Waals surface area contributed by atoms with Crippen LogP contribution >= 0.6 is 0 Å². The number of halogens is 2. The van der Waals surface area contributed by atoms with Gasteiger partial charge in [0, 0.05) is 22.8 Å². The van der Waals surface area contributed by atoms with Crippen molar-refractivity contribution < 1.29 is 13.6 Å². The van der Waals surface area contributed by atoms with Gasteiger partial charge >= 0.3 is 0 Å². The van der Waals surface area contributed by atoms with Gasteiger partial charge in [-0.3, -0.25) is 4.79 Å². The number of hydrogen-bond acceptors (Lipinski definition) is 2. The van der Waals surface area contributed by atoms with E-state index in [0.717, 1.165) is 36.8 Å². The van der Waals surface area contributed by atoms with Crippen LogP contribution in [-0.4, -0.2) is 11.6 Å². The summed E-state index contributed by atoms with van der Waals surface area (Å²) in [5.74, 6) is -1.55. The van der Waals surface area contributed by atoms with Crippen LogP contribution in [0.5, 0.6) is 0 Å². The van der Waals surface area contributed by atoms with Crippen molar-refractivity contribution in [2.24, 2.45) is 21.8 Å². The van der Waals surface area contributed by atoms with Crippen molar-refractivity contribution in [2.75, 3.05) is 0 Å². The number of hydrazone groups is 1. The van der Waals surface area contributed by atoms with E-state index in [1.165, 1.54) is 6.42 Å². The number of carbonyl (C=O) groups is 1. The van der Waals surface area contributed by atoms with Crippen LogP contribution < -0.4 is 5.43 Å². The molecule has 2 atom stereocenters. The summed E-state index contributed by atoms with van der Waals surface area (Å²) in [5, 5.41) is 4.28. The Bertz CT molecular complexity index is 648. The summed E-state index contributed by atoms with van der Waals surface area (Å²) in [6.45, 7) is 6.68. The zero-order valence-corrected chi connectivity index (χ0v) is 13.0. The van der Waals surface area contributed by atoms with Gasteiger partial charge in [0.2, 0.25) is 0 Å². The number of nitrogens with one attached hydrogen (secondary N) is 1. The van der Waals surface area contributed by atoms with Crippen LogP contribution in [-0.2, 0) is 0 Å². The summed E-state index contributed by atoms with van der Waals surface area (Å²) in [7, 11) is 0. The van der Waals surface area contributed by atoms with Gasteiger partial charge in [-0.2, -0.15) is 5.10 Å². The molecule has 2 fully saturated rings. The largest absolute Gasteiger partial charge is 0.271 e. The summed E-state index contributed by atoms with van der Waals surface area (Å²) in [6.07, 6.45) is 3.13. The zero-order valence-electron chi connectivity index (χ0n) is 13.0. The fraction of sp³-hybridized carbons (Fsp3) is 0.529. The molecule has 1 N–H and O–H groups in total. The monoisotopic (exact) mass is 306 g/mol. The van der Waals surface area contributed by atoms with Crippen molar-refractivity contribution >= 4 is 11.6 Å². The van der Waals surface area contributed by atoms with Crippen LogP contribution in [0, 0.1) is 28.4 Å². The Labute approximate surface area is 128 Å². The van der Waals surface area contributed by atoms with Crippen molar-refractivity contribution in [3.05, 3.63) is 35.4 Å². The molecule has 0 heterocycles. The number of rotatable bonds is 2. The van der Waals surface area contributed by atoms with Crippen LogP contribution in [0.2, 0.25) is 0 Å². The number of fused-ring (bicyclic) bond motifs is 2. The highest BCUT2D eigenvalue weighted by atomic mass is 19.1. The Kier molecular flexibility index (Phi) is 3.34. The van der Waals surface area contributed by atoms with Crippen molar-refractivity contribution in [2.45, 2.75) is 40.0 Å². The van der Waals surface area contributed by atoms with Crippen LogP contribution in [0.15, 0.2) is 23.3 Å². The highest BCUT2D eigenvalue weighted by Gasteiger charge is 2.59. The molecular weight excluding hydrogens is 286 g/mol. The van der Waals surface area contributed by atoms with Gasteiger partial charge in [0.25, 0.3) is 5.91 Å². The Hall–Kier alpha value is -1.78. The summed E-state index contributed by atoms with van der Waals surface area (Å²) in [6, 6.07) is 2.75. The molecule has 3 rings (SSSR count). The maximum Gasteiger partial charge on any atom is 0.271 e. The second-order valence-corrected chi connectivity index (χ2v) is 7.15. The van der Waals surface area contributed by atoms with Crippen molar-refractivity contribution in [1.29, 1.82) is 0 Å². The Morgan fingerprint density at radius 1 is 1.23 bits per heavy atom. The first kappa shape index (κ1) is 15.1. The van der Waals surface area contributed by atoms with E-state index in [0.29, 0.717) is 5.92 Å². The molecule has 2 aliphatic rings. The van der Waals surface area contributed by atoms with Gasteiger partial charge in [-0.15, -0.1) is 0 Å².